The third-order valence-corrected chi connectivity index (χ3v) is 15.6. The number of hydrogen-bond acceptors (Lipinski definition) is 12. The summed E-state index contributed by atoms with van der Waals surface area (Å²) in [5.41, 5.74) is 5.69. The highest BCUT2D eigenvalue weighted by atomic mass is 16.6. The lowest BCUT2D eigenvalue weighted by Crippen LogP contribution is -2.55. The number of carbonyl (C=O) groups is 5. The minimum Gasteiger partial charge on any atom is -0.464 e. The first-order valence-electron chi connectivity index (χ1n) is 21.7. The van der Waals surface area contributed by atoms with Crippen LogP contribution < -0.4 is 21.7 Å². The third-order valence-electron chi connectivity index (χ3n) is 15.6. The van der Waals surface area contributed by atoms with Crippen molar-refractivity contribution in [2.75, 3.05) is 52.4 Å². The maximum absolute atomic E-state index is 14.2. The van der Waals surface area contributed by atoms with E-state index >= 15 is 0 Å². The Kier molecular flexibility index (Phi) is 13.4. The largest absolute Gasteiger partial charge is 0.464 e. The summed E-state index contributed by atoms with van der Waals surface area (Å²) in [6.07, 6.45) is 13.1. The van der Waals surface area contributed by atoms with E-state index in [9.17, 15) is 24.0 Å². The van der Waals surface area contributed by atoms with Crippen LogP contribution in [0.4, 0.5) is 0 Å². The van der Waals surface area contributed by atoms with Gasteiger partial charge in [-0.3, -0.25) is 19.2 Å². The van der Waals surface area contributed by atoms with Crippen molar-refractivity contribution >= 4 is 29.5 Å². The predicted octanol–water partition coefficient (Wildman–Crippen LogP) is 4.37. The van der Waals surface area contributed by atoms with Crippen molar-refractivity contribution < 1.29 is 38.2 Å². The Morgan fingerprint density at radius 2 is 1.67 bits per heavy atom. The van der Waals surface area contributed by atoms with Gasteiger partial charge in [0.25, 0.3) is 0 Å². The van der Waals surface area contributed by atoms with Gasteiger partial charge in [0.1, 0.15) is 6.10 Å². The lowest BCUT2D eigenvalue weighted by molar-refractivity contribution is -0.153. The number of hydrogen-bond donors (Lipinski definition) is 4. The molecule has 6 rings (SSSR count). The summed E-state index contributed by atoms with van der Waals surface area (Å²) in [4.78, 5) is 65.3. The van der Waals surface area contributed by atoms with Crippen molar-refractivity contribution in [3.8, 4) is 0 Å². The van der Waals surface area contributed by atoms with Gasteiger partial charge in [0.05, 0.1) is 13.2 Å². The molecule has 12 nitrogen and oxygen atoms in total. The molecule has 0 aromatic rings. The van der Waals surface area contributed by atoms with Gasteiger partial charge in [0, 0.05) is 36.3 Å². The Hall–Kier alpha value is -3.19. The van der Waals surface area contributed by atoms with Gasteiger partial charge in [0.15, 0.2) is 11.9 Å². The number of allylic oxidation sites excluding steroid dienone is 2. The first-order chi connectivity index (χ1) is 27.2. The van der Waals surface area contributed by atoms with Gasteiger partial charge >= 0.3 is 17.9 Å². The standard InChI is InChI=1S/C45H68N4O8/c1-28(26-55-38(53)25-49-22-10-21-48-19-8-7-18-47-20-9-17-46)32-23-37(52)57-41(40(32)54)30(3)39-35(56-31(4)50)24-43(6)36-12-11-33-29(2)34(51)13-14-44(33)27-45(36,44)16-15-42(39,43)5/h13-14,23,28-29,33,35-36,39,41,47-49H,3,7-12,15-22,24-27,46H2,1-2,4-6H3/t28-,29-,33-,35-,36-,39-,41+,42+,43-,44+,45-/m0/s1. The molecule has 1 aliphatic heterocycles. The van der Waals surface area contributed by atoms with Crippen LogP contribution in [-0.2, 0) is 38.2 Å². The van der Waals surface area contributed by atoms with Crippen LogP contribution in [0.1, 0.15) is 98.8 Å². The molecule has 0 saturated heterocycles. The molecule has 5 N–H and O–H groups in total. The zero-order valence-corrected chi connectivity index (χ0v) is 35.1. The summed E-state index contributed by atoms with van der Waals surface area (Å²) < 4.78 is 17.4. The molecule has 11 atom stereocenters. The Balaban J connectivity index is 1.03. The van der Waals surface area contributed by atoms with E-state index in [-0.39, 0.29) is 52.5 Å². The normalized spacial score (nSPS) is 36.9. The summed E-state index contributed by atoms with van der Waals surface area (Å²) in [6, 6.07) is 0. The van der Waals surface area contributed by atoms with Gasteiger partial charge in [-0.1, -0.05) is 40.3 Å². The number of esters is 3. The minimum absolute atomic E-state index is 0.0243. The number of ketones is 2. The Labute approximate surface area is 339 Å². The third kappa shape index (κ3) is 8.09. The number of nitrogens with two attached hydrogens (primary N) is 1. The fraction of sp³-hybridized carbons (Fsp3) is 0.756. The quantitative estimate of drug-likeness (QED) is 0.0595. The number of unbranched alkanes of at least 4 members (excludes halogenated alkanes) is 1. The van der Waals surface area contributed by atoms with Crippen LogP contribution in [0, 0.1) is 51.2 Å². The SMILES string of the molecule is C=C([C@H]1OC(=O)C=C([C@@H](C)COC(=O)CNCCCNCCCCNCCCN)C1=O)[C@H]1[C@@H](OC(C)=O)C[C@@]2(C)[C@@H]3CC[C@H]4[C@H](C)C(=O)C=C[C@@]45C[C@@]35CC[C@]12C. The van der Waals surface area contributed by atoms with Crippen LogP contribution in [-0.4, -0.2) is 94.1 Å². The molecule has 2 spiro atoms. The van der Waals surface area contributed by atoms with E-state index in [1.165, 1.54) is 13.0 Å². The maximum Gasteiger partial charge on any atom is 0.332 e. The van der Waals surface area contributed by atoms with Gasteiger partial charge in [-0.15, -0.1) is 0 Å². The molecule has 0 aromatic carbocycles. The number of fused-ring (bicyclic) bond motifs is 2. The van der Waals surface area contributed by atoms with E-state index in [1.807, 2.05) is 6.08 Å². The highest BCUT2D eigenvalue weighted by molar-refractivity contribution is 6.09. The molecule has 5 aliphatic carbocycles. The van der Waals surface area contributed by atoms with E-state index < -0.39 is 47.4 Å². The van der Waals surface area contributed by atoms with E-state index in [2.05, 4.69) is 49.4 Å². The summed E-state index contributed by atoms with van der Waals surface area (Å²) in [6.45, 7) is 19.4. The van der Waals surface area contributed by atoms with Crippen LogP contribution >= 0.6 is 0 Å². The second-order valence-electron chi connectivity index (χ2n) is 18.6. The first kappa shape index (κ1) is 43.4. The molecule has 0 amide bonds. The van der Waals surface area contributed by atoms with Crippen molar-refractivity contribution in [3.05, 3.63) is 36.0 Å². The van der Waals surface area contributed by atoms with Gasteiger partial charge in [0.2, 0.25) is 5.78 Å². The summed E-state index contributed by atoms with van der Waals surface area (Å²) in [7, 11) is 0. The smallest absolute Gasteiger partial charge is 0.332 e. The maximum atomic E-state index is 14.2. The second kappa shape index (κ2) is 17.6. The van der Waals surface area contributed by atoms with Crippen molar-refractivity contribution in [1.29, 1.82) is 0 Å². The molecule has 0 radical (unpaired) electrons. The molecule has 0 aromatic heterocycles. The average molecular weight is 793 g/mol. The van der Waals surface area contributed by atoms with Gasteiger partial charge in [-0.25, -0.2) is 4.79 Å². The molecule has 6 aliphatic rings. The number of cyclic esters (lactones) is 1. The Bertz CT molecular complexity index is 1640. The van der Waals surface area contributed by atoms with E-state index in [0.29, 0.717) is 36.9 Å². The van der Waals surface area contributed by atoms with Crippen molar-refractivity contribution in [1.82, 2.24) is 16.0 Å². The molecule has 12 heteroatoms. The fourth-order valence-corrected chi connectivity index (χ4v) is 12.5. The van der Waals surface area contributed by atoms with E-state index in [1.54, 1.807) is 6.92 Å². The molecule has 0 bridgehead atoms. The van der Waals surface area contributed by atoms with Gasteiger partial charge in [-0.05, 0) is 149 Å². The molecule has 4 saturated carbocycles. The van der Waals surface area contributed by atoms with Gasteiger partial charge < -0.3 is 35.9 Å². The predicted molar refractivity (Wildman–Crippen MR) is 216 cm³/mol. The zero-order chi connectivity index (χ0) is 41.2. The van der Waals surface area contributed by atoms with Crippen LogP contribution in [0.15, 0.2) is 36.0 Å². The van der Waals surface area contributed by atoms with E-state index in [0.717, 1.165) is 84.0 Å². The van der Waals surface area contributed by atoms with Crippen molar-refractivity contribution in [2.24, 2.45) is 57.0 Å². The van der Waals surface area contributed by atoms with Crippen molar-refractivity contribution in [3.63, 3.8) is 0 Å². The lowest BCUT2D eigenvalue weighted by atomic mass is 9.43. The molecular formula is C45H68N4O8. The highest BCUT2D eigenvalue weighted by Crippen LogP contribution is 2.87. The number of carbonyl (C=O) groups excluding carboxylic acids is 5. The van der Waals surface area contributed by atoms with Crippen LogP contribution in [0.2, 0.25) is 0 Å². The number of nitrogens with one attached hydrogen (secondary N) is 3. The zero-order valence-electron chi connectivity index (χ0n) is 35.1. The molecular weight excluding hydrogens is 725 g/mol. The lowest BCUT2D eigenvalue weighted by Gasteiger charge is -2.60. The molecule has 57 heavy (non-hydrogen) atoms. The van der Waals surface area contributed by atoms with Crippen LogP contribution in [0.3, 0.4) is 0 Å². The van der Waals surface area contributed by atoms with Crippen molar-refractivity contribution in [2.45, 2.75) is 111 Å². The van der Waals surface area contributed by atoms with Crippen LogP contribution in [0.5, 0.6) is 0 Å². The average Bonchev–Trinajstić information content (AvgIpc) is 3.78. The molecule has 0 unspecified atom stereocenters. The number of rotatable bonds is 20. The summed E-state index contributed by atoms with van der Waals surface area (Å²) in [5.74, 6) is -1.86. The van der Waals surface area contributed by atoms with E-state index in [4.69, 9.17) is 19.9 Å². The van der Waals surface area contributed by atoms with Gasteiger partial charge in [-0.2, -0.15) is 0 Å². The first-order valence-corrected chi connectivity index (χ1v) is 21.7. The number of ether oxygens (including phenoxy) is 3. The Morgan fingerprint density at radius 1 is 0.982 bits per heavy atom. The summed E-state index contributed by atoms with van der Waals surface area (Å²) in [5, 5.41) is 9.92. The Morgan fingerprint density at radius 3 is 2.37 bits per heavy atom. The topological polar surface area (TPSA) is 175 Å². The molecule has 4 fully saturated rings. The number of Topliss-reactive ketones (excluding diaryl/α,β-unsaturated/α-hetero) is 1. The minimum atomic E-state index is -1.24. The highest BCUT2D eigenvalue weighted by Gasteiger charge is 2.81. The summed E-state index contributed by atoms with van der Waals surface area (Å²) >= 11 is 0. The molecule has 316 valence electrons. The second-order valence-corrected chi connectivity index (χ2v) is 18.6. The monoisotopic (exact) mass is 793 g/mol. The molecule has 1 heterocycles. The van der Waals surface area contributed by atoms with Crippen LogP contribution in [0.25, 0.3) is 0 Å². The fourth-order valence-electron chi connectivity index (χ4n) is 12.5.